The molecule has 1 aromatic heterocycles. The van der Waals surface area contributed by atoms with Gasteiger partial charge in [-0.25, -0.2) is 9.67 Å². The summed E-state index contributed by atoms with van der Waals surface area (Å²) in [5.41, 5.74) is 0.714. The Balaban J connectivity index is 1.47. The number of ether oxygens (including phenoxy) is 3. The highest BCUT2D eigenvalue weighted by Gasteiger charge is 2.14. The molecule has 158 valence electrons. The molecule has 30 heavy (non-hydrogen) atoms. The number of methoxy groups -OCH3 is 2. The summed E-state index contributed by atoms with van der Waals surface area (Å²) >= 11 is 0. The summed E-state index contributed by atoms with van der Waals surface area (Å²) in [5.74, 6) is 1.54. The van der Waals surface area contributed by atoms with Crippen LogP contribution in [-0.2, 0) is 6.54 Å². The van der Waals surface area contributed by atoms with Crippen LogP contribution in [0.4, 0.5) is 0 Å². The van der Waals surface area contributed by atoms with E-state index in [2.05, 4.69) is 15.4 Å². The van der Waals surface area contributed by atoms with Crippen molar-refractivity contribution >= 4 is 5.91 Å². The number of hydrogen-bond acceptors (Lipinski definition) is 7. The van der Waals surface area contributed by atoms with E-state index in [1.54, 1.807) is 50.6 Å². The summed E-state index contributed by atoms with van der Waals surface area (Å²) in [5, 5.41) is 17.2. The van der Waals surface area contributed by atoms with Gasteiger partial charge in [-0.15, -0.1) is 5.10 Å². The third kappa shape index (κ3) is 5.48. The first-order valence-corrected chi connectivity index (χ1v) is 9.36. The van der Waals surface area contributed by atoms with Crippen LogP contribution >= 0.6 is 0 Å². The highest BCUT2D eigenvalue weighted by Crippen LogP contribution is 2.25. The van der Waals surface area contributed by atoms with Gasteiger partial charge >= 0.3 is 0 Å². The Bertz CT molecular complexity index is 958. The van der Waals surface area contributed by atoms with Gasteiger partial charge in [0.05, 0.1) is 33.4 Å². The Morgan fingerprint density at radius 1 is 1.10 bits per heavy atom. The molecule has 1 heterocycles. The SMILES string of the molecule is COc1ccc([C@@H](O)Cn2cnc(C(=O)NCCOc3ccccc3OC)n2)cc1. The zero-order chi connectivity index (χ0) is 21.3. The molecule has 1 atom stereocenters. The summed E-state index contributed by atoms with van der Waals surface area (Å²) in [4.78, 5) is 16.2. The molecule has 0 aliphatic heterocycles. The number of amides is 1. The maximum Gasteiger partial charge on any atom is 0.291 e. The van der Waals surface area contributed by atoms with E-state index in [0.717, 1.165) is 0 Å². The first-order valence-electron chi connectivity index (χ1n) is 9.36. The minimum absolute atomic E-state index is 0.0224. The van der Waals surface area contributed by atoms with E-state index in [-0.39, 0.29) is 25.5 Å². The average Bonchev–Trinajstić information content (AvgIpc) is 3.25. The topological polar surface area (TPSA) is 108 Å². The monoisotopic (exact) mass is 412 g/mol. The first-order chi connectivity index (χ1) is 14.6. The minimum atomic E-state index is -0.789. The lowest BCUT2D eigenvalue weighted by Crippen LogP contribution is -2.29. The fourth-order valence-corrected chi connectivity index (χ4v) is 2.74. The number of aromatic nitrogens is 3. The van der Waals surface area contributed by atoms with Crippen LogP contribution in [0.25, 0.3) is 0 Å². The number of carbonyl (C=O) groups excluding carboxylic acids is 1. The van der Waals surface area contributed by atoms with E-state index in [1.165, 1.54) is 11.0 Å². The Morgan fingerprint density at radius 2 is 1.83 bits per heavy atom. The molecular formula is C21H24N4O5. The minimum Gasteiger partial charge on any atom is -0.497 e. The van der Waals surface area contributed by atoms with Crippen LogP contribution < -0.4 is 19.5 Å². The van der Waals surface area contributed by atoms with Crippen molar-refractivity contribution < 1.29 is 24.1 Å². The van der Waals surface area contributed by atoms with E-state index in [4.69, 9.17) is 14.2 Å². The van der Waals surface area contributed by atoms with E-state index >= 15 is 0 Å². The number of nitrogens with one attached hydrogen (secondary N) is 1. The molecule has 0 aliphatic carbocycles. The van der Waals surface area contributed by atoms with Crippen LogP contribution in [0.1, 0.15) is 22.3 Å². The van der Waals surface area contributed by atoms with Crippen molar-refractivity contribution in [2.45, 2.75) is 12.6 Å². The number of aliphatic hydroxyl groups is 1. The van der Waals surface area contributed by atoms with Crippen molar-refractivity contribution in [3.05, 3.63) is 66.2 Å². The Labute approximate surface area is 174 Å². The maximum absolute atomic E-state index is 12.2. The van der Waals surface area contributed by atoms with Gasteiger partial charge < -0.3 is 24.6 Å². The Hall–Kier alpha value is -3.59. The third-order valence-corrected chi connectivity index (χ3v) is 4.31. The number of carbonyl (C=O) groups is 1. The second kappa shape index (κ2) is 10.3. The summed E-state index contributed by atoms with van der Waals surface area (Å²) in [6.07, 6.45) is 0.621. The molecule has 0 aliphatic rings. The number of aliphatic hydroxyl groups excluding tert-OH is 1. The van der Waals surface area contributed by atoms with Crippen LogP contribution in [0.5, 0.6) is 17.2 Å². The number of nitrogens with zero attached hydrogens (tertiary/aromatic N) is 3. The Kier molecular flexibility index (Phi) is 7.23. The summed E-state index contributed by atoms with van der Waals surface area (Å²) in [6, 6.07) is 14.4. The lowest BCUT2D eigenvalue weighted by molar-refractivity contribution is 0.0934. The van der Waals surface area contributed by atoms with Gasteiger partial charge in [0.2, 0.25) is 5.82 Å². The van der Waals surface area contributed by atoms with Crippen molar-refractivity contribution in [3.63, 3.8) is 0 Å². The molecule has 9 nitrogen and oxygen atoms in total. The van der Waals surface area contributed by atoms with Gasteiger partial charge in [0, 0.05) is 0 Å². The second-order valence-electron chi connectivity index (χ2n) is 6.33. The normalized spacial score (nSPS) is 11.6. The third-order valence-electron chi connectivity index (χ3n) is 4.31. The molecule has 0 spiro atoms. The zero-order valence-electron chi connectivity index (χ0n) is 16.8. The first kappa shape index (κ1) is 21.1. The van der Waals surface area contributed by atoms with Crippen molar-refractivity contribution in [2.75, 3.05) is 27.4 Å². The van der Waals surface area contributed by atoms with Crippen LogP contribution in [0, 0.1) is 0 Å². The van der Waals surface area contributed by atoms with Gasteiger partial charge in [-0.2, -0.15) is 0 Å². The predicted molar refractivity (Wildman–Crippen MR) is 109 cm³/mol. The van der Waals surface area contributed by atoms with E-state index in [0.29, 0.717) is 22.8 Å². The summed E-state index contributed by atoms with van der Waals surface area (Å²) in [7, 11) is 3.15. The molecule has 2 N–H and O–H groups in total. The van der Waals surface area contributed by atoms with Gasteiger partial charge in [-0.1, -0.05) is 24.3 Å². The van der Waals surface area contributed by atoms with E-state index in [9.17, 15) is 9.90 Å². The molecule has 1 amide bonds. The van der Waals surface area contributed by atoms with E-state index in [1.807, 2.05) is 12.1 Å². The van der Waals surface area contributed by atoms with Crippen LogP contribution in [-0.4, -0.2) is 53.1 Å². The van der Waals surface area contributed by atoms with Crippen molar-refractivity contribution in [3.8, 4) is 17.2 Å². The molecule has 3 rings (SSSR count). The van der Waals surface area contributed by atoms with E-state index < -0.39 is 12.0 Å². The highest BCUT2D eigenvalue weighted by molar-refractivity contribution is 5.90. The van der Waals surface area contributed by atoms with Gasteiger partial charge in [0.1, 0.15) is 18.7 Å². The fourth-order valence-electron chi connectivity index (χ4n) is 2.74. The van der Waals surface area contributed by atoms with Crippen molar-refractivity contribution in [2.24, 2.45) is 0 Å². The molecule has 0 saturated heterocycles. The highest BCUT2D eigenvalue weighted by atomic mass is 16.5. The summed E-state index contributed by atoms with van der Waals surface area (Å²) in [6.45, 7) is 0.715. The largest absolute Gasteiger partial charge is 0.497 e. The number of hydrogen-bond donors (Lipinski definition) is 2. The molecular weight excluding hydrogens is 388 g/mol. The van der Waals surface area contributed by atoms with Gasteiger partial charge in [-0.3, -0.25) is 4.79 Å². The quantitative estimate of drug-likeness (QED) is 0.489. The molecule has 0 bridgehead atoms. The number of para-hydroxylation sites is 2. The smallest absolute Gasteiger partial charge is 0.291 e. The van der Waals surface area contributed by atoms with Gasteiger partial charge in [0.25, 0.3) is 5.91 Å². The number of rotatable bonds is 10. The Morgan fingerprint density at radius 3 is 2.53 bits per heavy atom. The van der Waals surface area contributed by atoms with Crippen LogP contribution in [0.2, 0.25) is 0 Å². The molecule has 0 fully saturated rings. The molecule has 0 radical (unpaired) electrons. The van der Waals surface area contributed by atoms with Crippen molar-refractivity contribution in [1.29, 1.82) is 0 Å². The molecule has 3 aromatic rings. The number of benzene rings is 2. The maximum atomic E-state index is 12.2. The predicted octanol–water partition coefficient (Wildman–Crippen LogP) is 1.84. The lowest BCUT2D eigenvalue weighted by Gasteiger charge is -2.11. The molecule has 2 aromatic carbocycles. The van der Waals surface area contributed by atoms with Gasteiger partial charge in [0.15, 0.2) is 11.5 Å². The summed E-state index contributed by atoms with van der Waals surface area (Å²) < 4.78 is 17.3. The second-order valence-corrected chi connectivity index (χ2v) is 6.33. The van der Waals surface area contributed by atoms with Crippen molar-refractivity contribution in [1.82, 2.24) is 20.1 Å². The lowest BCUT2D eigenvalue weighted by atomic mass is 10.1. The average molecular weight is 412 g/mol. The fraction of sp³-hybridized carbons (Fsp3) is 0.286. The standard InChI is InChI=1S/C21H24N4O5/c1-28-16-9-7-15(8-10-16)17(26)13-25-14-23-20(24-25)21(27)22-11-12-30-19-6-4-3-5-18(19)29-2/h3-10,14,17,26H,11-13H2,1-2H3,(H,22,27)/t17-/m0/s1. The van der Waals surface area contributed by atoms with Crippen LogP contribution in [0.3, 0.4) is 0 Å². The zero-order valence-corrected chi connectivity index (χ0v) is 16.8. The van der Waals surface area contributed by atoms with Gasteiger partial charge in [-0.05, 0) is 29.8 Å². The molecule has 0 saturated carbocycles. The van der Waals surface area contributed by atoms with Crippen LogP contribution in [0.15, 0.2) is 54.9 Å². The molecule has 9 heteroatoms. The molecule has 0 unspecified atom stereocenters.